The molecule has 1 aromatic rings. The van der Waals surface area contributed by atoms with E-state index in [1.54, 1.807) is 0 Å². The van der Waals surface area contributed by atoms with Crippen molar-refractivity contribution in [3.05, 3.63) is 47.5 Å². The standard InChI is InChI=1S/C8H10.C6H8/c1-7-3-5-8(2)6-4-7;1-3-5-6-4-2/h3-6H,1-2H3;3,5H,1-2H3/b;5-3+. The Morgan fingerprint density at radius 2 is 1.43 bits per heavy atom. The maximum atomic E-state index is 2.77. The molecular formula is C14H18. The molecule has 0 bridgehead atoms. The number of rotatable bonds is 0. The highest BCUT2D eigenvalue weighted by Gasteiger charge is 1.79. The molecule has 1 aromatic carbocycles. The molecule has 0 radical (unpaired) electrons. The Morgan fingerprint density at radius 1 is 1.00 bits per heavy atom. The van der Waals surface area contributed by atoms with Gasteiger partial charge in [0.15, 0.2) is 0 Å². The summed E-state index contributed by atoms with van der Waals surface area (Å²) in [5.41, 5.74) is 2.66. The summed E-state index contributed by atoms with van der Waals surface area (Å²) in [5, 5.41) is 0. The van der Waals surface area contributed by atoms with Gasteiger partial charge in [-0.1, -0.05) is 47.4 Å². The van der Waals surface area contributed by atoms with E-state index in [9.17, 15) is 0 Å². The Bertz CT molecular complexity index is 296. The summed E-state index contributed by atoms with van der Waals surface area (Å²) in [6.45, 7) is 7.96. The van der Waals surface area contributed by atoms with Crippen LogP contribution in [0.3, 0.4) is 0 Å². The average molecular weight is 186 g/mol. The highest BCUT2D eigenvalue weighted by molar-refractivity contribution is 5.19. The van der Waals surface area contributed by atoms with Gasteiger partial charge in [0.05, 0.1) is 0 Å². The number of benzene rings is 1. The van der Waals surface area contributed by atoms with Crippen LogP contribution in [0.1, 0.15) is 25.0 Å². The van der Waals surface area contributed by atoms with Crippen LogP contribution < -0.4 is 0 Å². The van der Waals surface area contributed by atoms with Crippen LogP contribution in [0.4, 0.5) is 0 Å². The third kappa shape index (κ3) is 7.18. The van der Waals surface area contributed by atoms with Gasteiger partial charge >= 0.3 is 0 Å². The Labute approximate surface area is 87.7 Å². The van der Waals surface area contributed by atoms with E-state index in [1.165, 1.54) is 11.1 Å². The van der Waals surface area contributed by atoms with Gasteiger partial charge in [0, 0.05) is 0 Å². The van der Waals surface area contributed by atoms with Gasteiger partial charge in [0.1, 0.15) is 0 Å². The molecule has 0 N–H and O–H groups in total. The van der Waals surface area contributed by atoms with Crippen molar-refractivity contribution in [3.63, 3.8) is 0 Å². The summed E-state index contributed by atoms with van der Waals surface area (Å²) in [7, 11) is 0. The van der Waals surface area contributed by atoms with Crippen LogP contribution in [-0.2, 0) is 0 Å². The van der Waals surface area contributed by atoms with Crippen LogP contribution in [0.25, 0.3) is 0 Å². The minimum absolute atomic E-state index is 1.33. The number of aryl methyl sites for hydroxylation is 2. The third-order valence-corrected chi connectivity index (χ3v) is 1.61. The zero-order valence-corrected chi connectivity index (χ0v) is 9.46. The van der Waals surface area contributed by atoms with E-state index in [0.717, 1.165) is 0 Å². The van der Waals surface area contributed by atoms with Crippen LogP contribution >= 0.6 is 0 Å². The molecule has 0 heterocycles. The fourth-order valence-corrected chi connectivity index (χ4v) is 0.804. The molecular weight excluding hydrogens is 168 g/mol. The van der Waals surface area contributed by atoms with Crippen LogP contribution in [0.2, 0.25) is 0 Å². The van der Waals surface area contributed by atoms with E-state index < -0.39 is 0 Å². The van der Waals surface area contributed by atoms with Gasteiger partial charge in [-0.2, -0.15) is 0 Å². The molecule has 0 unspecified atom stereocenters. The van der Waals surface area contributed by atoms with Crippen molar-refractivity contribution in [3.8, 4) is 11.8 Å². The minimum atomic E-state index is 1.33. The molecule has 74 valence electrons. The molecule has 0 spiro atoms. The van der Waals surface area contributed by atoms with Gasteiger partial charge in [-0.15, -0.1) is 5.92 Å². The van der Waals surface area contributed by atoms with Crippen molar-refractivity contribution < 1.29 is 0 Å². The van der Waals surface area contributed by atoms with E-state index >= 15 is 0 Å². The molecule has 0 nitrogen and oxygen atoms in total. The monoisotopic (exact) mass is 186 g/mol. The van der Waals surface area contributed by atoms with Crippen molar-refractivity contribution in [1.29, 1.82) is 0 Å². The van der Waals surface area contributed by atoms with Crippen LogP contribution in [0, 0.1) is 25.7 Å². The van der Waals surface area contributed by atoms with E-state index in [0.29, 0.717) is 0 Å². The zero-order valence-electron chi connectivity index (χ0n) is 9.46. The molecule has 0 aliphatic rings. The Hall–Kier alpha value is -1.48. The minimum Gasteiger partial charge on any atom is -0.102 e. The topological polar surface area (TPSA) is 0 Å². The predicted octanol–water partition coefficient (Wildman–Crippen LogP) is 3.89. The highest BCUT2D eigenvalue weighted by atomic mass is 13.9. The highest BCUT2D eigenvalue weighted by Crippen LogP contribution is 1.99. The number of hydrogen-bond acceptors (Lipinski definition) is 0. The second kappa shape index (κ2) is 8.13. The van der Waals surface area contributed by atoms with Gasteiger partial charge in [0.25, 0.3) is 0 Å². The SMILES string of the molecule is CC#C/C=C/C.Cc1ccc(C)cc1. The molecule has 0 saturated carbocycles. The lowest BCUT2D eigenvalue weighted by Crippen LogP contribution is -1.70. The normalized spacial score (nSPS) is 8.57. The number of allylic oxidation sites excluding steroid dienone is 2. The van der Waals surface area contributed by atoms with Crippen LogP contribution in [0.5, 0.6) is 0 Å². The molecule has 1 rings (SSSR count). The lowest BCUT2D eigenvalue weighted by molar-refractivity contribution is 1.40. The maximum Gasteiger partial charge on any atom is -0.00235 e. The average Bonchev–Trinajstić information content (AvgIpc) is 2.20. The summed E-state index contributed by atoms with van der Waals surface area (Å²) in [6.07, 6.45) is 3.73. The summed E-state index contributed by atoms with van der Waals surface area (Å²) in [5.74, 6) is 5.50. The molecule has 0 fully saturated rings. The lowest BCUT2D eigenvalue weighted by atomic mass is 10.2. The molecule has 0 aromatic heterocycles. The largest absolute Gasteiger partial charge is 0.102 e. The summed E-state index contributed by atoms with van der Waals surface area (Å²) in [6, 6.07) is 8.48. The Kier molecular flexibility index (Phi) is 7.27. The van der Waals surface area contributed by atoms with Gasteiger partial charge in [-0.05, 0) is 33.8 Å². The van der Waals surface area contributed by atoms with Gasteiger partial charge in [-0.25, -0.2) is 0 Å². The molecule has 0 heteroatoms. The zero-order chi connectivity index (χ0) is 10.8. The van der Waals surface area contributed by atoms with Gasteiger partial charge in [-0.3, -0.25) is 0 Å². The third-order valence-electron chi connectivity index (χ3n) is 1.61. The van der Waals surface area contributed by atoms with E-state index in [1.807, 2.05) is 26.0 Å². The van der Waals surface area contributed by atoms with Crippen molar-refractivity contribution >= 4 is 0 Å². The van der Waals surface area contributed by atoms with E-state index in [-0.39, 0.29) is 0 Å². The Balaban J connectivity index is 0.000000255. The first-order valence-electron chi connectivity index (χ1n) is 4.77. The summed E-state index contributed by atoms with van der Waals surface area (Å²) >= 11 is 0. The van der Waals surface area contributed by atoms with Crippen molar-refractivity contribution in [2.45, 2.75) is 27.7 Å². The second-order valence-corrected chi connectivity index (χ2v) is 3.05. The van der Waals surface area contributed by atoms with Crippen LogP contribution in [-0.4, -0.2) is 0 Å². The second-order valence-electron chi connectivity index (χ2n) is 3.05. The first kappa shape index (κ1) is 12.5. The molecule has 14 heavy (non-hydrogen) atoms. The molecule has 0 atom stereocenters. The first-order chi connectivity index (χ1) is 6.70. The quantitative estimate of drug-likeness (QED) is 0.539. The fourth-order valence-electron chi connectivity index (χ4n) is 0.804. The fraction of sp³-hybridized carbons (Fsp3) is 0.286. The maximum absolute atomic E-state index is 2.77. The molecule has 0 amide bonds. The summed E-state index contributed by atoms with van der Waals surface area (Å²) in [4.78, 5) is 0. The Morgan fingerprint density at radius 3 is 1.64 bits per heavy atom. The lowest BCUT2D eigenvalue weighted by Gasteiger charge is -1.90. The molecule has 0 aliphatic carbocycles. The molecule has 0 saturated heterocycles. The van der Waals surface area contributed by atoms with Crippen molar-refractivity contribution in [2.24, 2.45) is 0 Å². The van der Waals surface area contributed by atoms with Crippen molar-refractivity contribution in [2.75, 3.05) is 0 Å². The summed E-state index contributed by atoms with van der Waals surface area (Å²) < 4.78 is 0. The van der Waals surface area contributed by atoms with Crippen LogP contribution in [0.15, 0.2) is 36.4 Å². The predicted molar refractivity (Wildman–Crippen MR) is 64.2 cm³/mol. The smallest absolute Gasteiger partial charge is 0.00235 e. The first-order valence-corrected chi connectivity index (χ1v) is 4.77. The van der Waals surface area contributed by atoms with E-state index in [4.69, 9.17) is 0 Å². The van der Waals surface area contributed by atoms with Gasteiger partial charge < -0.3 is 0 Å². The van der Waals surface area contributed by atoms with E-state index in [2.05, 4.69) is 50.0 Å². The van der Waals surface area contributed by atoms with Crippen molar-refractivity contribution in [1.82, 2.24) is 0 Å². The van der Waals surface area contributed by atoms with Gasteiger partial charge in [0.2, 0.25) is 0 Å². The molecule has 0 aliphatic heterocycles. The number of hydrogen-bond donors (Lipinski definition) is 0.